The van der Waals surface area contributed by atoms with Crippen molar-refractivity contribution in [1.29, 1.82) is 0 Å². The predicted octanol–water partition coefficient (Wildman–Crippen LogP) is 10.0. The van der Waals surface area contributed by atoms with Crippen LogP contribution in [-0.4, -0.2) is 41.6 Å². The van der Waals surface area contributed by atoms with Crippen molar-refractivity contribution in [2.24, 2.45) is 0 Å². The second-order valence-electron chi connectivity index (χ2n) is 13.2. The molecule has 0 heterocycles. The highest BCUT2D eigenvalue weighted by atomic mass is 28.1. The van der Waals surface area contributed by atoms with Crippen molar-refractivity contribution in [2.75, 3.05) is 19.8 Å². The zero-order chi connectivity index (χ0) is 32.4. The lowest BCUT2D eigenvalue weighted by Gasteiger charge is -2.38. The van der Waals surface area contributed by atoms with E-state index in [4.69, 9.17) is 14.2 Å². The molecule has 0 aromatic heterocycles. The normalized spacial score (nSPS) is 12.5. The molecule has 0 radical (unpaired) electrons. The van der Waals surface area contributed by atoms with Crippen LogP contribution in [0.2, 0.25) is 0 Å². The molecule has 254 valence electrons. The summed E-state index contributed by atoms with van der Waals surface area (Å²) in [4.78, 5) is 0. The van der Waals surface area contributed by atoms with E-state index in [-0.39, 0.29) is 6.10 Å². The number of unbranched alkanes of at least 4 members (excludes halogenated alkanes) is 13. The van der Waals surface area contributed by atoms with Gasteiger partial charge in [-0.15, -0.1) is 0 Å². The molecule has 1 unspecified atom stereocenters. The van der Waals surface area contributed by atoms with Gasteiger partial charge < -0.3 is 14.2 Å². The van der Waals surface area contributed by atoms with Gasteiger partial charge in [0.25, 0.3) is 0 Å². The molecule has 0 N–H and O–H groups in total. The van der Waals surface area contributed by atoms with Crippen molar-refractivity contribution in [3.05, 3.63) is 108 Å². The second-order valence-corrected chi connectivity index (χ2v) is 14.6. The molecule has 3 nitrogen and oxygen atoms in total. The van der Waals surface area contributed by atoms with Crippen LogP contribution in [0.3, 0.4) is 0 Å². The van der Waals surface area contributed by atoms with Crippen molar-refractivity contribution in [3.8, 4) is 0 Å². The minimum atomic E-state index is -0.670. The van der Waals surface area contributed by atoms with E-state index >= 15 is 0 Å². The molecule has 46 heavy (non-hydrogen) atoms. The van der Waals surface area contributed by atoms with Crippen LogP contribution in [-0.2, 0) is 33.5 Å². The first-order chi connectivity index (χ1) is 22.7. The molecule has 0 fully saturated rings. The van der Waals surface area contributed by atoms with Gasteiger partial charge in [-0.1, -0.05) is 188 Å². The fraction of sp³-hybridized carbons (Fsp3) is 0.571. The fourth-order valence-electron chi connectivity index (χ4n) is 6.24. The molecule has 0 bridgehead atoms. The summed E-state index contributed by atoms with van der Waals surface area (Å²) < 4.78 is 20.2. The Hall–Kier alpha value is -2.24. The van der Waals surface area contributed by atoms with Crippen molar-refractivity contribution in [2.45, 2.75) is 134 Å². The van der Waals surface area contributed by atoms with Crippen LogP contribution in [0, 0.1) is 0 Å². The van der Waals surface area contributed by atoms with Crippen molar-refractivity contribution >= 4 is 10.2 Å². The number of hydrogen-bond acceptors (Lipinski definition) is 3. The summed E-state index contributed by atoms with van der Waals surface area (Å²) in [6.45, 7) is 4.25. The van der Waals surface area contributed by atoms with E-state index in [0.29, 0.717) is 19.8 Å². The van der Waals surface area contributed by atoms with Gasteiger partial charge in [-0.05, 0) is 42.4 Å². The van der Waals surface area contributed by atoms with Gasteiger partial charge in [-0.2, -0.15) is 0 Å². The van der Waals surface area contributed by atoms with Crippen molar-refractivity contribution < 1.29 is 14.2 Å². The number of ether oxygens (including phenoxy) is 3. The van der Waals surface area contributed by atoms with E-state index < -0.39 is 5.41 Å². The Morgan fingerprint density at radius 2 is 0.826 bits per heavy atom. The Labute approximate surface area is 285 Å². The van der Waals surface area contributed by atoms with E-state index in [1.54, 1.807) is 0 Å². The molecule has 1 atom stereocenters. The molecule has 3 aromatic rings. The van der Waals surface area contributed by atoms with Gasteiger partial charge in [0.2, 0.25) is 0 Å². The molecule has 3 aromatic carbocycles. The predicted molar refractivity (Wildman–Crippen MR) is 200 cm³/mol. The summed E-state index contributed by atoms with van der Waals surface area (Å²) in [6, 6.07) is 31.9. The van der Waals surface area contributed by atoms with Crippen LogP contribution < -0.4 is 0 Å². The average molecular weight is 645 g/mol. The molecule has 0 aliphatic carbocycles. The van der Waals surface area contributed by atoms with Crippen LogP contribution >= 0.6 is 0 Å². The van der Waals surface area contributed by atoms with Gasteiger partial charge in [0.15, 0.2) is 5.41 Å². The topological polar surface area (TPSA) is 27.7 Å². The van der Waals surface area contributed by atoms with Gasteiger partial charge in [0.1, 0.15) is 6.10 Å². The maximum Gasteiger partial charge on any atom is 0.166 e. The third kappa shape index (κ3) is 17.1. The van der Waals surface area contributed by atoms with E-state index in [1.807, 2.05) is 0 Å². The highest BCUT2D eigenvalue weighted by Crippen LogP contribution is 2.25. The minimum absolute atomic E-state index is 0.0632. The lowest BCUT2D eigenvalue weighted by molar-refractivity contribution is -0.241. The summed E-state index contributed by atoms with van der Waals surface area (Å²) in [5.41, 5.74) is 3.23. The Balaban J connectivity index is 1.49. The van der Waals surface area contributed by atoms with Gasteiger partial charge in [-0.25, -0.2) is 0 Å². The van der Waals surface area contributed by atoms with Gasteiger partial charge in [0.05, 0.1) is 30.1 Å². The molecule has 0 saturated carbocycles. The average Bonchev–Trinajstić information content (AvgIpc) is 3.09. The van der Waals surface area contributed by atoms with Gasteiger partial charge in [-0.3, -0.25) is 0 Å². The first-order valence-corrected chi connectivity index (χ1v) is 19.7. The van der Waals surface area contributed by atoms with E-state index in [0.717, 1.165) is 42.3 Å². The molecular formula is C42H64O3Si. The van der Waals surface area contributed by atoms with E-state index in [9.17, 15) is 0 Å². The zero-order valence-electron chi connectivity index (χ0n) is 29.3. The second kappa shape index (κ2) is 24.9. The van der Waals surface area contributed by atoms with Crippen molar-refractivity contribution in [1.82, 2.24) is 0 Å². The molecule has 0 aliphatic heterocycles. The van der Waals surface area contributed by atoms with E-state index in [2.05, 4.69) is 97.9 Å². The fourth-order valence-corrected chi connectivity index (χ4v) is 7.11. The monoisotopic (exact) mass is 644 g/mol. The van der Waals surface area contributed by atoms with Crippen LogP contribution in [0.15, 0.2) is 91.0 Å². The van der Waals surface area contributed by atoms with Gasteiger partial charge in [0, 0.05) is 0 Å². The molecule has 0 saturated heterocycles. The maximum atomic E-state index is 6.72. The zero-order valence-corrected chi connectivity index (χ0v) is 31.3. The standard InChI is InChI=1S/C42H64O3Si/c1-2-3-4-5-6-7-8-9-10-11-12-13-14-24-31-41(43-35-32-38-25-18-15-19-26-38)42(46,44-36-33-39-27-20-16-21-28-39)45-37-34-40-29-22-17-23-30-40/h15-23,25-30,41H,2-14,24,31-37H2,1,46H3. The summed E-state index contributed by atoms with van der Waals surface area (Å²) >= 11 is 0. The Morgan fingerprint density at radius 3 is 1.22 bits per heavy atom. The number of benzene rings is 3. The molecular weight excluding hydrogens is 581 g/mol. The molecule has 3 rings (SSSR count). The highest BCUT2D eigenvalue weighted by molar-refractivity contribution is 6.13. The minimum Gasteiger partial charge on any atom is -0.373 e. The summed E-state index contributed by atoms with van der Waals surface area (Å²) in [5.74, 6) is 0. The van der Waals surface area contributed by atoms with Gasteiger partial charge >= 0.3 is 0 Å². The SMILES string of the molecule is CCCCCCCCCCCCCCCCC(OCCc1ccccc1)C([SiH3])(OCCc1ccccc1)OCCc1ccccc1. The smallest absolute Gasteiger partial charge is 0.166 e. The summed E-state index contributed by atoms with van der Waals surface area (Å²) in [6.07, 6.45) is 22.7. The van der Waals surface area contributed by atoms with Crippen LogP contribution in [0.4, 0.5) is 0 Å². The Morgan fingerprint density at radius 1 is 0.478 bits per heavy atom. The lowest BCUT2D eigenvalue weighted by atomic mass is 10.0. The first kappa shape index (κ1) is 38.2. The molecule has 0 aliphatic rings. The van der Waals surface area contributed by atoms with E-state index in [1.165, 1.54) is 100 Å². The lowest BCUT2D eigenvalue weighted by Crippen LogP contribution is -2.50. The Kier molecular flexibility index (Phi) is 20.7. The largest absolute Gasteiger partial charge is 0.373 e. The molecule has 4 heteroatoms. The van der Waals surface area contributed by atoms with Crippen LogP contribution in [0.25, 0.3) is 0 Å². The summed E-state index contributed by atoms with van der Waals surface area (Å²) in [7, 11) is 0.743. The van der Waals surface area contributed by atoms with Crippen LogP contribution in [0.1, 0.15) is 120 Å². The highest BCUT2D eigenvalue weighted by Gasteiger charge is 2.36. The molecule has 0 amide bonds. The number of hydrogen-bond donors (Lipinski definition) is 0. The molecule has 0 spiro atoms. The first-order valence-electron chi connectivity index (χ1n) is 18.7. The summed E-state index contributed by atoms with van der Waals surface area (Å²) in [5, 5.41) is 0. The number of rotatable bonds is 28. The Bertz CT molecular complexity index is 1050. The third-order valence-electron chi connectivity index (χ3n) is 9.20. The quantitative estimate of drug-likeness (QED) is 0.0447. The maximum absolute atomic E-state index is 6.72. The van der Waals surface area contributed by atoms with Crippen molar-refractivity contribution in [3.63, 3.8) is 0 Å². The third-order valence-corrected chi connectivity index (χ3v) is 10.4. The van der Waals surface area contributed by atoms with Crippen LogP contribution in [0.5, 0.6) is 0 Å².